The van der Waals surface area contributed by atoms with Gasteiger partial charge in [-0.3, -0.25) is 4.79 Å². The van der Waals surface area contributed by atoms with Crippen LogP contribution >= 0.6 is 0 Å². The Morgan fingerprint density at radius 1 is 0.774 bits per heavy atom. The summed E-state index contributed by atoms with van der Waals surface area (Å²) in [5.41, 5.74) is 4.69. The largest absolute Gasteiger partial charge is 0.467 e. The van der Waals surface area contributed by atoms with Gasteiger partial charge in [0.15, 0.2) is 0 Å². The molecule has 152 valence electrons. The van der Waals surface area contributed by atoms with Gasteiger partial charge >= 0.3 is 5.97 Å². The van der Waals surface area contributed by atoms with Crippen molar-refractivity contribution in [2.24, 2.45) is 0 Å². The minimum absolute atomic E-state index is 0.303. The molecule has 1 amide bonds. The zero-order valence-corrected chi connectivity index (χ0v) is 17.0. The zero-order chi connectivity index (χ0) is 21.4. The van der Waals surface area contributed by atoms with Crippen molar-refractivity contribution in [1.29, 1.82) is 0 Å². The van der Waals surface area contributed by atoms with Gasteiger partial charge in [0.25, 0.3) is 5.91 Å². The van der Waals surface area contributed by atoms with Crippen molar-refractivity contribution in [3.8, 4) is 11.1 Å². The third-order valence-electron chi connectivity index (χ3n) is 5.97. The number of carbonyl (C=O) groups excluding carboxylic acids is 2. The molecular formula is C27H21NO3. The Bertz CT molecular complexity index is 1270. The monoisotopic (exact) mass is 407 g/mol. The lowest BCUT2D eigenvalue weighted by molar-refractivity contribution is -0.143. The van der Waals surface area contributed by atoms with Crippen molar-refractivity contribution in [1.82, 2.24) is 5.32 Å². The summed E-state index contributed by atoms with van der Waals surface area (Å²) < 4.78 is 5.11. The number of hydrogen-bond donors (Lipinski definition) is 1. The van der Waals surface area contributed by atoms with Crippen molar-refractivity contribution in [2.45, 2.75) is 12.0 Å². The van der Waals surface area contributed by atoms with E-state index in [-0.39, 0.29) is 11.8 Å². The smallest absolute Gasteiger partial charge is 0.329 e. The molecule has 1 atom stereocenters. The van der Waals surface area contributed by atoms with Crippen molar-refractivity contribution in [2.75, 3.05) is 7.11 Å². The van der Waals surface area contributed by atoms with Gasteiger partial charge in [0.1, 0.15) is 6.04 Å². The third-order valence-corrected chi connectivity index (χ3v) is 5.97. The van der Waals surface area contributed by atoms with Gasteiger partial charge in [0, 0.05) is 11.5 Å². The normalized spacial score (nSPS) is 13.3. The van der Waals surface area contributed by atoms with Crippen LogP contribution in [-0.2, 0) is 9.53 Å². The maximum absolute atomic E-state index is 13.2. The molecule has 1 aliphatic carbocycles. The molecule has 0 heterocycles. The topological polar surface area (TPSA) is 55.4 Å². The summed E-state index contributed by atoms with van der Waals surface area (Å²) in [5, 5.41) is 4.99. The minimum Gasteiger partial charge on any atom is -0.467 e. The molecule has 0 unspecified atom stereocenters. The number of amides is 1. The van der Waals surface area contributed by atoms with Gasteiger partial charge in [-0.25, -0.2) is 4.79 Å². The second-order valence-electron chi connectivity index (χ2n) is 7.69. The molecule has 1 N–H and O–H groups in total. The second-order valence-corrected chi connectivity index (χ2v) is 7.69. The maximum Gasteiger partial charge on any atom is 0.329 e. The summed E-state index contributed by atoms with van der Waals surface area (Å²) in [4.78, 5) is 26.0. The molecule has 31 heavy (non-hydrogen) atoms. The lowest BCUT2D eigenvalue weighted by Gasteiger charge is -2.24. The number of fused-ring (bicyclic) bond motifs is 4. The summed E-state index contributed by atoms with van der Waals surface area (Å²) in [5.74, 6) is -1.09. The van der Waals surface area contributed by atoms with Crippen LogP contribution in [0.4, 0.5) is 0 Å². The van der Waals surface area contributed by atoms with Crippen LogP contribution in [0.1, 0.15) is 27.4 Å². The molecule has 1 aliphatic rings. The molecule has 0 fully saturated rings. The zero-order valence-electron chi connectivity index (χ0n) is 17.0. The predicted molar refractivity (Wildman–Crippen MR) is 121 cm³/mol. The first-order valence-corrected chi connectivity index (χ1v) is 10.2. The highest BCUT2D eigenvalue weighted by molar-refractivity contribution is 6.01. The first-order valence-electron chi connectivity index (χ1n) is 10.2. The molecule has 4 aromatic carbocycles. The van der Waals surface area contributed by atoms with E-state index < -0.39 is 12.0 Å². The fourth-order valence-electron chi connectivity index (χ4n) is 4.51. The third kappa shape index (κ3) is 3.26. The first kappa shape index (κ1) is 19.1. The maximum atomic E-state index is 13.2. The highest BCUT2D eigenvalue weighted by Crippen LogP contribution is 2.46. The van der Waals surface area contributed by atoms with E-state index in [0.29, 0.717) is 5.56 Å². The highest BCUT2D eigenvalue weighted by atomic mass is 16.5. The quantitative estimate of drug-likeness (QED) is 0.489. The van der Waals surface area contributed by atoms with E-state index in [4.69, 9.17) is 4.74 Å². The highest BCUT2D eigenvalue weighted by Gasteiger charge is 2.39. The lowest BCUT2D eigenvalue weighted by Crippen LogP contribution is -2.45. The molecule has 4 heteroatoms. The summed E-state index contributed by atoms with van der Waals surface area (Å²) in [6.45, 7) is 0. The van der Waals surface area contributed by atoms with E-state index >= 15 is 0 Å². The molecule has 0 radical (unpaired) electrons. The first-order chi connectivity index (χ1) is 15.2. The molecule has 5 rings (SSSR count). The van der Waals surface area contributed by atoms with Gasteiger partial charge < -0.3 is 10.1 Å². The van der Waals surface area contributed by atoms with Gasteiger partial charge in [-0.05, 0) is 45.2 Å². The molecule has 0 aromatic heterocycles. The van der Waals surface area contributed by atoms with Gasteiger partial charge in [-0.2, -0.15) is 0 Å². The van der Waals surface area contributed by atoms with Crippen LogP contribution in [0.15, 0.2) is 91.0 Å². The van der Waals surface area contributed by atoms with E-state index in [1.165, 1.54) is 7.11 Å². The summed E-state index contributed by atoms with van der Waals surface area (Å²) in [6.07, 6.45) is 0. The number of ether oxygens (including phenoxy) is 1. The van der Waals surface area contributed by atoms with Gasteiger partial charge in [0.05, 0.1) is 7.11 Å². The number of methoxy groups -OCH3 is 1. The van der Waals surface area contributed by atoms with Crippen molar-refractivity contribution in [3.63, 3.8) is 0 Å². The van der Waals surface area contributed by atoms with Crippen molar-refractivity contribution < 1.29 is 14.3 Å². The van der Waals surface area contributed by atoms with E-state index in [2.05, 4.69) is 5.32 Å². The van der Waals surface area contributed by atoms with E-state index in [9.17, 15) is 9.59 Å². The van der Waals surface area contributed by atoms with Crippen molar-refractivity contribution in [3.05, 3.63) is 108 Å². The minimum atomic E-state index is -0.839. The molecule has 0 saturated heterocycles. The second kappa shape index (κ2) is 7.73. The number of carbonyl (C=O) groups is 2. The van der Waals surface area contributed by atoms with E-state index in [1.54, 1.807) is 6.07 Å². The Hall–Kier alpha value is -3.92. The van der Waals surface area contributed by atoms with E-state index in [1.807, 2.05) is 84.9 Å². The SMILES string of the molecule is COC(=O)[C@@H](NC(=O)c1ccc2ccccc2c1)C1c2ccccc2-c2ccccc21. The van der Waals surface area contributed by atoms with E-state index in [0.717, 1.165) is 33.0 Å². The van der Waals surface area contributed by atoms with Gasteiger partial charge in [-0.1, -0.05) is 78.9 Å². The fourth-order valence-corrected chi connectivity index (χ4v) is 4.51. The molecular weight excluding hydrogens is 386 g/mol. The number of rotatable bonds is 4. The van der Waals surface area contributed by atoms with Gasteiger partial charge in [-0.15, -0.1) is 0 Å². The lowest BCUT2D eigenvalue weighted by atomic mass is 9.89. The molecule has 0 saturated carbocycles. The molecule has 4 aromatic rings. The summed E-state index contributed by atoms with van der Waals surface area (Å²) in [7, 11) is 1.35. The molecule has 4 nitrogen and oxygen atoms in total. The Kier molecular flexibility index (Phi) is 4.75. The summed E-state index contributed by atoms with van der Waals surface area (Å²) >= 11 is 0. The Morgan fingerprint density at radius 3 is 2.00 bits per heavy atom. The number of benzene rings is 4. The average Bonchev–Trinajstić information content (AvgIpc) is 3.16. The van der Waals surface area contributed by atoms with Crippen LogP contribution in [0.2, 0.25) is 0 Å². The Morgan fingerprint density at radius 2 is 1.35 bits per heavy atom. The van der Waals surface area contributed by atoms with Crippen LogP contribution < -0.4 is 5.32 Å². The Balaban J connectivity index is 1.54. The van der Waals surface area contributed by atoms with Crippen LogP contribution in [-0.4, -0.2) is 25.0 Å². The Labute approximate surface area is 180 Å². The predicted octanol–water partition coefficient (Wildman–Crippen LogP) is 4.92. The van der Waals surface area contributed by atoms with Gasteiger partial charge in [0.2, 0.25) is 0 Å². The standard InChI is InChI=1S/C27H21NO3/c1-31-27(30)25(28-26(29)19-15-14-17-8-2-3-9-18(17)16-19)24-22-12-6-4-10-20(22)21-11-5-7-13-23(21)24/h2-16,24-25H,1H3,(H,28,29)/t25-/m0/s1. The van der Waals surface area contributed by atoms with Crippen LogP contribution in [0.25, 0.3) is 21.9 Å². The molecule has 0 bridgehead atoms. The fraction of sp³-hybridized carbons (Fsp3) is 0.111. The summed E-state index contributed by atoms with van der Waals surface area (Å²) in [6, 6.07) is 28.6. The number of esters is 1. The van der Waals surface area contributed by atoms with Crippen LogP contribution in [0.3, 0.4) is 0 Å². The number of hydrogen-bond acceptors (Lipinski definition) is 3. The van der Waals surface area contributed by atoms with Crippen molar-refractivity contribution >= 4 is 22.6 Å². The molecule has 0 spiro atoms. The number of nitrogens with one attached hydrogen (secondary N) is 1. The average molecular weight is 407 g/mol. The van der Waals surface area contributed by atoms with Crippen LogP contribution in [0, 0.1) is 0 Å². The van der Waals surface area contributed by atoms with Crippen LogP contribution in [0.5, 0.6) is 0 Å². The molecule has 0 aliphatic heterocycles.